The van der Waals surface area contributed by atoms with E-state index in [1.165, 1.54) is 0 Å². The van der Waals surface area contributed by atoms with Gasteiger partial charge in [0.2, 0.25) is 0 Å². The van der Waals surface area contributed by atoms with E-state index in [0.29, 0.717) is 5.92 Å². The minimum atomic E-state index is 0.313. The Bertz CT molecular complexity index is 551. The molecule has 0 radical (unpaired) electrons. The number of hydrogen-bond acceptors (Lipinski definition) is 2. The molecule has 0 saturated heterocycles. The third-order valence-electron chi connectivity index (χ3n) is 3.26. The zero-order valence-corrected chi connectivity index (χ0v) is 12.6. The first-order chi connectivity index (χ1) is 9.13. The van der Waals surface area contributed by atoms with E-state index in [2.05, 4.69) is 17.2 Å². The molecule has 0 N–H and O–H groups in total. The molecule has 2 rings (SSSR count). The summed E-state index contributed by atoms with van der Waals surface area (Å²) >= 11 is 12.3. The van der Waals surface area contributed by atoms with Gasteiger partial charge in [0, 0.05) is 29.2 Å². The number of hydrogen-bond donors (Lipinski definition) is 0. The molecule has 1 atom stereocenters. The van der Waals surface area contributed by atoms with Crippen LogP contribution in [0.15, 0.2) is 24.4 Å². The summed E-state index contributed by atoms with van der Waals surface area (Å²) < 4.78 is 1.83. The minimum Gasteiger partial charge on any atom is -0.253 e. The van der Waals surface area contributed by atoms with E-state index in [9.17, 15) is 0 Å². The van der Waals surface area contributed by atoms with Crippen molar-refractivity contribution < 1.29 is 0 Å². The predicted molar refractivity (Wildman–Crippen MR) is 78.9 cm³/mol. The highest BCUT2D eigenvalue weighted by Gasteiger charge is 2.16. The fourth-order valence-corrected chi connectivity index (χ4v) is 2.59. The van der Waals surface area contributed by atoms with Gasteiger partial charge in [-0.2, -0.15) is 0 Å². The van der Waals surface area contributed by atoms with Gasteiger partial charge in [0.1, 0.15) is 0 Å². The lowest BCUT2D eigenvalue weighted by atomic mass is 9.92. The Balaban J connectivity index is 2.22. The third-order valence-corrected chi connectivity index (χ3v) is 3.84. The minimum absolute atomic E-state index is 0.313. The Labute approximate surface area is 123 Å². The van der Waals surface area contributed by atoms with Gasteiger partial charge in [-0.15, -0.1) is 5.10 Å². The summed E-state index contributed by atoms with van der Waals surface area (Å²) in [5.74, 6) is 0.313. The SMILES string of the molecule is CCC(Cc1cn(CC)nn1)c1cc(Cl)ccc1Cl. The van der Waals surface area contributed by atoms with Crippen molar-refractivity contribution in [3.63, 3.8) is 0 Å². The second-order valence-electron chi connectivity index (χ2n) is 4.54. The molecule has 0 saturated carbocycles. The van der Waals surface area contributed by atoms with Crippen LogP contribution in [0.5, 0.6) is 0 Å². The summed E-state index contributed by atoms with van der Waals surface area (Å²) in [6.45, 7) is 5.03. The van der Waals surface area contributed by atoms with Gasteiger partial charge in [-0.25, -0.2) is 0 Å². The van der Waals surface area contributed by atoms with Crippen molar-refractivity contribution in [1.29, 1.82) is 0 Å². The predicted octanol–water partition coefficient (Wildman–Crippen LogP) is 4.34. The second kappa shape index (κ2) is 6.40. The molecule has 5 heteroatoms. The fourth-order valence-electron chi connectivity index (χ4n) is 2.14. The highest BCUT2D eigenvalue weighted by molar-refractivity contribution is 6.33. The topological polar surface area (TPSA) is 30.7 Å². The fraction of sp³-hybridized carbons (Fsp3) is 0.429. The smallest absolute Gasteiger partial charge is 0.0833 e. The monoisotopic (exact) mass is 297 g/mol. The van der Waals surface area contributed by atoms with Gasteiger partial charge in [0.05, 0.1) is 5.69 Å². The molecular weight excluding hydrogens is 281 g/mol. The van der Waals surface area contributed by atoms with Crippen LogP contribution >= 0.6 is 23.2 Å². The number of nitrogens with zero attached hydrogens (tertiary/aromatic N) is 3. The summed E-state index contributed by atoms with van der Waals surface area (Å²) in [5.41, 5.74) is 2.08. The van der Waals surface area contributed by atoms with Gasteiger partial charge in [0.15, 0.2) is 0 Å². The molecule has 1 heterocycles. The first-order valence-electron chi connectivity index (χ1n) is 6.48. The molecule has 0 aliphatic carbocycles. The van der Waals surface area contributed by atoms with Crippen LogP contribution in [0, 0.1) is 0 Å². The molecule has 0 spiro atoms. The van der Waals surface area contributed by atoms with Gasteiger partial charge >= 0.3 is 0 Å². The van der Waals surface area contributed by atoms with Crippen molar-refractivity contribution in [2.45, 2.75) is 39.2 Å². The maximum Gasteiger partial charge on any atom is 0.0833 e. The van der Waals surface area contributed by atoms with Crippen molar-refractivity contribution in [1.82, 2.24) is 15.0 Å². The van der Waals surface area contributed by atoms with Gasteiger partial charge < -0.3 is 0 Å². The van der Waals surface area contributed by atoms with E-state index in [-0.39, 0.29) is 0 Å². The molecule has 3 nitrogen and oxygen atoms in total. The summed E-state index contributed by atoms with van der Waals surface area (Å²) in [6.07, 6.45) is 3.80. The maximum atomic E-state index is 6.27. The van der Waals surface area contributed by atoms with Gasteiger partial charge in [-0.05, 0) is 43.0 Å². The number of benzene rings is 1. The third kappa shape index (κ3) is 3.48. The van der Waals surface area contributed by atoms with Crippen LogP contribution in [0.2, 0.25) is 10.0 Å². The van der Waals surface area contributed by atoms with Crippen molar-refractivity contribution in [2.24, 2.45) is 0 Å². The molecule has 0 aliphatic heterocycles. The lowest BCUT2D eigenvalue weighted by Crippen LogP contribution is -2.03. The molecule has 1 aromatic carbocycles. The Kier molecular flexibility index (Phi) is 4.83. The molecule has 0 aliphatic rings. The second-order valence-corrected chi connectivity index (χ2v) is 5.38. The molecule has 19 heavy (non-hydrogen) atoms. The molecule has 1 unspecified atom stereocenters. The Morgan fingerprint density at radius 3 is 2.68 bits per heavy atom. The van der Waals surface area contributed by atoms with Gasteiger partial charge in [-0.1, -0.05) is 35.3 Å². The van der Waals surface area contributed by atoms with E-state index < -0.39 is 0 Å². The Morgan fingerprint density at radius 2 is 2.05 bits per heavy atom. The largest absolute Gasteiger partial charge is 0.253 e. The maximum absolute atomic E-state index is 6.27. The number of aromatic nitrogens is 3. The highest BCUT2D eigenvalue weighted by atomic mass is 35.5. The van der Waals surface area contributed by atoms with Crippen LogP contribution in [0.1, 0.15) is 37.4 Å². The number of halogens is 2. The molecule has 1 aromatic heterocycles. The van der Waals surface area contributed by atoms with E-state index in [4.69, 9.17) is 23.2 Å². The van der Waals surface area contributed by atoms with Crippen LogP contribution < -0.4 is 0 Å². The van der Waals surface area contributed by atoms with Crippen molar-refractivity contribution in [2.75, 3.05) is 0 Å². The van der Waals surface area contributed by atoms with Crippen LogP contribution in [-0.4, -0.2) is 15.0 Å². The Morgan fingerprint density at radius 1 is 1.26 bits per heavy atom. The average Bonchev–Trinajstić information content (AvgIpc) is 2.87. The highest BCUT2D eigenvalue weighted by Crippen LogP contribution is 2.31. The normalized spacial score (nSPS) is 12.6. The summed E-state index contributed by atoms with van der Waals surface area (Å²) in [4.78, 5) is 0. The van der Waals surface area contributed by atoms with Crippen molar-refractivity contribution >= 4 is 23.2 Å². The summed E-state index contributed by atoms with van der Waals surface area (Å²) in [7, 11) is 0. The van der Waals surface area contributed by atoms with Crippen molar-refractivity contribution in [3.05, 3.63) is 45.7 Å². The molecule has 0 bridgehead atoms. The molecular formula is C14H17Cl2N3. The lowest BCUT2D eigenvalue weighted by Gasteiger charge is -2.15. The zero-order chi connectivity index (χ0) is 13.8. The number of rotatable bonds is 5. The quantitative estimate of drug-likeness (QED) is 0.822. The standard InChI is InChI=1S/C14H17Cl2N3/c1-3-10(7-12-9-19(4-2)18-17-12)13-8-11(15)5-6-14(13)16/h5-6,8-10H,3-4,7H2,1-2H3. The van der Waals surface area contributed by atoms with E-state index in [1.54, 1.807) is 0 Å². The van der Waals surface area contributed by atoms with Crippen LogP contribution in [-0.2, 0) is 13.0 Å². The zero-order valence-electron chi connectivity index (χ0n) is 11.1. The van der Waals surface area contributed by atoms with Crippen LogP contribution in [0.25, 0.3) is 0 Å². The number of aryl methyl sites for hydroxylation is 1. The average molecular weight is 298 g/mol. The van der Waals surface area contributed by atoms with E-state index >= 15 is 0 Å². The molecule has 2 aromatic rings. The van der Waals surface area contributed by atoms with Crippen molar-refractivity contribution in [3.8, 4) is 0 Å². The Hall–Kier alpha value is -1.06. The van der Waals surface area contributed by atoms with Crippen LogP contribution in [0.4, 0.5) is 0 Å². The van der Waals surface area contributed by atoms with Crippen LogP contribution in [0.3, 0.4) is 0 Å². The first-order valence-corrected chi connectivity index (χ1v) is 7.23. The summed E-state index contributed by atoms with van der Waals surface area (Å²) in [6, 6.07) is 5.61. The molecule has 102 valence electrons. The van der Waals surface area contributed by atoms with E-state index in [1.807, 2.05) is 36.0 Å². The lowest BCUT2D eigenvalue weighted by molar-refractivity contribution is 0.624. The first kappa shape index (κ1) is 14.4. The molecule has 0 amide bonds. The van der Waals surface area contributed by atoms with Gasteiger partial charge in [-0.3, -0.25) is 4.68 Å². The molecule has 0 fully saturated rings. The summed E-state index contributed by atoms with van der Waals surface area (Å²) in [5, 5.41) is 9.73. The van der Waals surface area contributed by atoms with Gasteiger partial charge in [0.25, 0.3) is 0 Å². The van der Waals surface area contributed by atoms with E-state index in [0.717, 1.165) is 40.7 Å².